The van der Waals surface area contributed by atoms with Crippen LogP contribution < -0.4 is 5.32 Å². The smallest absolute Gasteiger partial charge is 0.223 e. The van der Waals surface area contributed by atoms with Crippen LogP contribution in [-0.4, -0.2) is 12.5 Å². The van der Waals surface area contributed by atoms with E-state index in [1.54, 1.807) is 0 Å². The molecule has 1 aromatic carbocycles. The Bertz CT molecular complexity index is 442. The molecule has 0 saturated heterocycles. The fraction of sp³-hybridized carbons (Fsp3) is 0.500. The minimum Gasteiger partial charge on any atom is -0.356 e. The Hall–Kier alpha value is -1.02. The van der Waals surface area contributed by atoms with Gasteiger partial charge in [0.1, 0.15) is 0 Å². The second kappa shape index (κ2) is 4.34. The molecule has 0 aliphatic heterocycles. The minimum absolute atomic E-state index is 0.252. The first kappa shape index (κ1) is 11.1. The van der Waals surface area contributed by atoms with Crippen LogP contribution in [0.4, 0.5) is 0 Å². The molecule has 0 aromatic heterocycles. The highest BCUT2D eigenvalue weighted by Crippen LogP contribution is 2.47. The highest BCUT2D eigenvalue weighted by molar-refractivity contribution is 6.30. The molecule has 3 rings (SSSR count). The predicted molar refractivity (Wildman–Crippen MR) is 68.0 cm³/mol. The quantitative estimate of drug-likeness (QED) is 0.873. The molecule has 0 bridgehead atoms. The summed E-state index contributed by atoms with van der Waals surface area (Å²) in [6.07, 6.45) is 3.33. The van der Waals surface area contributed by atoms with Gasteiger partial charge in [-0.25, -0.2) is 0 Å². The van der Waals surface area contributed by atoms with E-state index in [4.69, 9.17) is 11.6 Å². The van der Waals surface area contributed by atoms with E-state index in [9.17, 15) is 4.79 Å². The van der Waals surface area contributed by atoms with Gasteiger partial charge in [0.25, 0.3) is 0 Å². The van der Waals surface area contributed by atoms with Gasteiger partial charge in [-0.1, -0.05) is 23.7 Å². The molecular weight excluding hydrogens is 234 g/mol. The molecule has 2 fully saturated rings. The Morgan fingerprint density at radius 1 is 1.41 bits per heavy atom. The van der Waals surface area contributed by atoms with E-state index in [2.05, 4.69) is 11.4 Å². The van der Waals surface area contributed by atoms with Crippen LogP contribution in [0.2, 0.25) is 5.02 Å². The molecule has 2 aliphatic carbocycles. The third-order valence-electron chi connectivity index (χ3n) is 3.69. The van der Waals surface area contributed by atoms with Crippen molar-refractivity contribution in [3.63, 3.8) is 0 Å². The van der Waals surface area contributed by atoms with Gasteiger partial charge >= 0.3 is 0 Å². The van der Waals surface area contributed by atoms with Crippen LogP contribution >= 0.6 is 11.6 Å². The van der Waals surface area contributed by atoms with E-state index in [1.807, 2.05) is 18.2 Å². The molecule has 2 saturated carbocycles. The molecule has 0 radical (unpaired) electrons. The third kappa shape index (κ3) is 2.63. The highest BCUT2D eigenvalue weighted by atomic mass is 35.5. The first-order valence-corrected chi connectivity index (χ1v) is 6.65. The van der Waals surface area contributed by atoms with Gasteiger partial charge in [-0.3, -0.25) is 4.79 Å². The van der Waals surface area contributed by atoms with Gasteiger partial charge in [0.2, 0.25) is 5.91 Å². The molecule has 0 spiro atoms. The van der Waals surface area contributed by atoms with E-state index in [0.29, 0.717) is 17.8 Å². The average molecular weight is 250 g/mol. The fourth-order valence-corrected chi connectivity index (χ4v) is 2.54. The van der Waals surface area contributed by atoms with Crippen molar-refractivity contribution in [3.05, 3.63) is 34.9 Å². The number of halogens is 1. The van der Waals surface area contributed by atoms with Crippen LogP contribution in [0.15, 0.2) is 24.3 Å². The third-order valence-corrected chi connectivity index (χ3v) is 3.92. The summed E-state index contributed by atoms with van der Waals surface area (Å²) in [5, 5.41) is 3.85. The number of amides is 1. The van der Waals surface area contributed by atoms with Crippen LogP contribution in [0.3, 0.4) is 0 Å². The molecule has 2 aliphatic rings. The molecule has 0 unspecified atom stereocenters. The summed E-state index contributed by atoms with van der Waals surface area (Å²) < 4.78 is 0. The normalized spacial score (nSPS) is 26.6. The van der Waals surface area contributed by atoms with Crippen LogP contribution in [0.1, 0.15) is 30.7 Å². The van der Waals surface area contributed by atoms with E-state index < -0.39 is 0 Å². The zero-order chi connectivity index (χ0) is 11.8. The van der Waals surface area contributed by atoms with E-state index in [-0.39, 0.29) is 5.91 Å². The first-order chi connectivity index (χ1) is 8.24. The number of hydrogen-bond acceptors (Lipinski definition) is 1. The predicted octanol–water partition coefficient (Wildman–Crippen LogP) is 2.97. The molecule has 1 amide bonds. The van der Waals surface area contributed by atoms with Crippen LogP contribution in [0, 0.1) is 11.8 Å². The molecule has 2 nitrogen and oxygen atoms in total. The molecule has 3 heteroatoms. The standard InChI is InChI=1S/C14H16ClNO/c15-12-3-1-2-10(6-12)13-7-11(13)8-16-14(17)9-4-5-9/h1-3,6,9,11,13H,4-5,7-8H2,(H,16,17)/t11-,13-/m0/s1. The zero-order valence-corrected chi connectivity index (χ0v) is 10.4. The Balaban J connectivity index is 1.50. The number of rotatable bonds is 4. The van der Waals surface area contributed by atoms with Crippen LogP contribution in [0.25, 0.3) is 0 Å². The summed E-state index contributed by atoms with van der Waals surface area (Å²) in [6.45, 7) is 0.826. The summed E-state index contributed by atoms with van der Waals surface area (Å²) >= 11 is 5.97. The van der Waals surface area contributed by atoms with Crippen molar-refractivity contribution in [3.8, 4) is 0 Å². The second-order valence-corrected chi connectivity index (χ2v) is 5.61. The first-order valence-electron chi connectivity index (χ1n) is 6.27. The molecule has 0 heterocycles. The minimum atomic E-state index is 0.252. The lowest BCUT2D eigenvalue weighted by atomic mass is 10.1. The van der Waals surface area contributed by atoms with Crippen LogP contribution in [0.5, 0.6) is 0 Å². The summed E-state index contributed by atoms with van der Waals surface area (Å²) in [5.74, 6) is 1.77. The summed E-state index contributed by atoms with van der Waals surface area (Å²) in [5.41, 5.74) is 1.31. The molecular formula is C14H16ClNO. The maximum Gasteiger partial charge on any atom is 0.223 e. The van der Waals surface area contributed by atoms with E-state index in [0.717, 1.165) is 24.4 Å². The zero-order valence-electron chi connectivity index (χ0n) is 9.66. The van der Waals surface area contributed by atoms with Gasteiger partial charge in [-0.2, -0.15) is 0 Å². The van der Waals surface area contributed by atoms with Gasteiger partial charge in [-0.15, -0.1) is 0 Å². The molecule has 1 aromatic rings. The maximum absolute atomic E-state index is 11.5. The number of carbonyl (C=O) groups is 1. The Morgan fingerprint density at radius 3 is 2.94 bits per heavy atom. The average Bonchev–Trinajstić information content (AvgIpc) is 3.18. The van der Waals surface area contributed by atoms with E-state index in [1.165, 1.54) is 12.0 Å². The van der Waals surface area contributed by atoms with Gasteiger partial charge in [-0.05, 0) is 48.8 Å². The van der Waals surface area contributed by atoms with Gasteiger partial charge in [0.05, 0.1) is 0 Å². The lowest BCUT2D eigenvalue weighted by Gasteiger charge is -2.04. The summed E-state index contributed by atoms with van der Waals surface area (Å²) in [7, 11) is 0. The number of benzene rings is 1. The lowest BCUT2D eigenvalue weighted by molar-refractivity contribution is -0.122. The number of carbonyl (C=O) groups excluding carboxylic acids is 1. The fourth-order valence-electron chi connectivity index (χ4n) is 2.34. The van der Waals surface area contributed by atoms with Crippen molar-refractivity contribution in [2.45, 2.75) is 25.2 Å². The highest BCUT2D eigenvalue weighted by Gasteiger charge is 2.39. The van der Waals surface area contributed by atoms with Crippen molar-refractivity contribution >= 4 is 17.5 Å². The Morgan fingerprint density at radius 2 is 2.24 bits per heavy atom. The van der Waals surface area contributed by atoms with Crippen molar-refractivity contribution in [2.75, 3.05) is 6.54 Å². The lowest BCUT2D eigenvalue weighted by Crippen LogP contribution is -2.27. The Labute approximate surface area is 106 Å². The largest absolute Gasteiger partial charge is 0.356 e. The summed E-state index contributed by atoms with van der Waals surface area (Å²) in [4.78, 5) is 11.5. The molecule has 1 N–H and O–H groups in total. The Kier molecular flexibility index (Phi) is 2.83. The number of hydrogen-bond donors (Lipinski definition) is 1. The topological polar surface area (TPSA) is 29.1 Å². The SMILES string of the molecule is O=C(NC[C@@H]1C[C@H]1c1cccc(Cl)c1)C1CC1. The molecule has 90 valence electrons. The van der Waals surface area contributed by atoms with Crippen molar-refractivity contribution in [1.82, 2.24) is 5.32 Å². The number of nitrogens with one attached hydrogen (secondary N) is 1. The van der Waals surface area contributed by atoms with Gasteiger partial charge < -0.3 is 5.32 Å². The van der Waals surface area contributed by atoms with Crippen molar-refractivity contribution < 1.29 is 4.79 Å². The van der Waals surface area contributed by atoms with E-state index >= 15 is 0 Å². The molecule has 17 heavy (non-hydrogen) atoms. The van der Waals surface area contributed by atoms with Crippen LogP contribution in [-0.2, 0) is 4.79 Å². The van der Waals surface area contributed by atoms with Crippen molar-refractivity contribution in [2.24, 2.45) is 11.8 Å². The van der Waals surface area contributed by atoms with Gasteiger partial charge in [0, 0.05) is 17.5 Å². The monoisotopic (exact) mass is 249 g/mol. The van der Waals surface area contributed by atoms with Gasteiger partial charge in [0.15, 0.2) is 0 Å². The second-order valence-electron chi connectivity index (χ2n) is 5.18. The summed E-state index contributed by atoms with van der Waals surface area (Å²) in [6, 6.07) is 8.06. The van der Waals surface area contributed by atoms with Crippen molar-refractivity contribution in [1.29, 1.82) is 0 Å². The molecule has 2 atom stereocenters. The maximum atomic E-state index is 11.5.